The first-order valence-corrected chi connectivity index (χ1v) is 13.7. The molecule has 0 spiro atoms. The molecule has 1 aliphatic heterocycles. The van der Waals surface area contributed by atoms with Gasteiger partial charge in [0.2, 0.25) is 0 Å². The molecule has 6 fully saturated rings. The molecular formula is C28H47NO2. The molecule has 0 aromatic heterocycles. The van der Waals surface area contributed by atoms with Crippen LogP contribution in [0.15, 0.2) is 0 Å². The average molecular weight is 430 g/mol. The number of aliphatic hydroxyl groups excluding tert-OH is 1. The van der Waals surface area contributed by atoms with Crippen molar-refractivity contribution in [3.8, 4) is 0 Å². The molecule has 3 heteroatoms. The molecule has 6 rings (SSSR count). The summed E-state index contributed by atoms with van der Waals surface area (Å²) in [6, 6.07) is 0. The Morgan fingerprint density at radius 1 is 1.00 bits per heavy atom. The molecule has 176 valence electrons. The molecule has 3 nitrogen and oxygen atoms in total. The number of hydrogen-bond donors (Lipinski definition) is 2. The Balaban J connectivity index is 1.23. The van der Waals surface area contributed by atoms with Gasteiger partial charge in [-0.05, 0) is 124 Å². The van der Waals surface area contributed by atoms with Crippen LogP contribution in [-0.2, 0) is 4.74 Å². The second kappa shape index (κ2) is 6.72. The van der Waals surface area contributed by atoms with Gasteiger partial charge in [0.25, 0.3) is 0 Å². The van der Waals surface area contributed by atoms with Gasteiger partial charge in [-0.1, -0.05) is 27.7 Å². The van der Waals surface area contributed by atoms with Crippen LogP contribution < -0.4 is 5.73 Å². The number of aliphatic hydroxyl groups is 1. The second-order valence-corrected chi connectivity index (χ2v) is 14.0. The van der Waals surface area contributed by atoms with Crippen LogP contribution in [0.5, 0.6) is 0 Å². The highest BCUT2D eigenvalue weighted by Gasteiger charge is 2.81. The highest BCUT2D eigenvalue weighted by molar-refractivity contribution is 5.29. The summed E-state index contributed by atoms with van der Waals surface area (Å²) in [7, 11) is 0. The van der Waals surface area contributed by atoms with E-state index in [1.54, 1.807) is 0 Å². The molecule has 1 saturated heterocycles. The topological polar surface area (TPSA) is 55.5 Å². The van der Waals surface area contributed by atoms with E-state index in [0.29, 0.717) is 28.3 Å². The fourth-order valence-electron chi connectivity index (χ4n) is 10.9. The summed E-state index contributed by atoms with van der Waals surface area (Å²) in [6.45, 7) is 11.0. The van der Waals surface area contributed by atoms with Crippen molar-refractivity contribution >= 4 is 0 Å². The maximum absolute atomic E-state index is 10.3. The van der Waals surface area contributed by atoms with Gasteiger partial charge in [0.1, 0.15) is 0 Å². The number of nitrogens with two attached hydrogens (primary N) is 1. The van der Waals surface area contributed by atoms with Crippen molar-refractivity contribution in [1.29, 1.82) is 0 Å². The van der Waals surface area contributed by atoms with Gasteiger partial charge in [0.05, 0.1) is 17.8 Å². The molecule has 12 atom stereocenters. The zero-order valence-electron chi connectivity index (χ0n) is 20.5. The lowest BCUT2D eigenvalue weighted by molar-refractivity contribution is -0.130. The lowest BCUT2D eigenvalue weighted by Gasteiger charge is -2.61. The molecule has 0 radical (unpaired) electrons. The summed E-state index contributed by atoms with van der Waals surface area (Å²) in [4.78, 5) is 0. The largest absolute Gasteiger partial charge is 0.393 e. The summed E-state index contributed by atoms with van der Waals surface area (Å²) >= 11 is 0. The minimum atomic E-state index is -0.0346. The Bertz CT molecular complexity index is 741. The van der Waals surface area contributed by atoms with Gasteiger partial charge in [-0.25, -0.2) is 0 Å². The summed E-state index contributed by atoms with van der Waals surface area (Å²) in [5.41, 5.74) is 7.48. The molecule has 5 aliphatic carbocycles. The number of hydrogen-bond acceptors (Lipinski definition) is 3. The van der Waals surface area contributed by atoms with Gasteiger partial charge in [-0.15, -0.1) is 0 Å². The van der Waals surface area contributed by atoms with Gasteiger partial charge in [-0.3, -0.25) is 0 Å². The van der Waals surface area contributed by atoms with Crippen molar-refractivity contribution in [3.63, 3.8) is 0 Å². The SMILES string of the molecule is C[C@H](CN)CC[C@@]12C[C@@]1(C)C1C(CC3C4CCC5C[C@H](O)CC[C@]5(C)C4CC[C@@]31C)O2. The number of rotatable bonds is 4. The fraction of sp³-hybridized carbons (Fsp3) is 1.00. The maximum atomic E-state index is 10.3. The number of fused-ring (bicyclic) bond motifs is 9. The predicted octanol–water partition coefficient (Wildman–Crippen LogP) is 5.54. The third-order valence-electron chi connectivity index (χ3n) is 12.7. The first-order chi connectivity index (χ1) is 14.7. The van der Waals surface area contributed by atoms with E-state index in [9.17, 15) is 5.11 Å². The first-order valence-electron chi connectivity index (χ1n) is 13.7. The van der Waals surface area contributed by atoms with E-state index < -0.39 is 0 Å². The minimum absolute atomic E-state index is 0.0346. The lowest BCUT2D eigenvalue weighted by Crippen LogP contribution is -2.54. The van der Waals surface area contributed by atoms with Crippen LogP contribution in [0, 0.1) is 51.8 Å². The van der Waals surface area contributed by atoms with E-state index in [4.69, 9.17) is 10.5 Å². The third kappa shape index (κ3) is 2.69. The van der Waals surface area contributed by atoms with E-state index in [0.717, 1.165) is 49.0 Å². The highest BCUT2D eigenvalue weighted by atomic mass is 16.5. The fourth-order valence-corrected chi connectivity index (χ4v) is 10.9. The summed E-state index contributed by atoms with van der Waals surface area (Å²) < 4.78 is 7.05. The van der Waals surface area contributed by atoms with Crippen LogP contribution in [0.3, 0.4) is 0 Å². The quantitative estimate of drug-likeness (QED) is 0.617. The van der Waals surface area contributed by atoms with Crippen molar-refractivity contribution in [2.24, 2.45) is 57.5 Å². The minimum Gasteiger partial charge on any atom is -0.393 e. The highest BCUT2D eigenvalue weighted by Crippen LogP contribution is 2.81. The van der Waals surface area contributed by atoms with Gasteiger partial charge in [0, 0.05) is 5.41 Å². The normalized spacial score (nSPS) is 60.4. The van der Waals surface area contributed by atoms with Crippen LogP contribution in [0.1, 0.15) is 98.3 Å². The third-order valence-corrected chi connectivity index (χ3v) is 12.7. The summed E-state index contributed by atoms with van der Waals surface area (Å²) in [5.74, 6) is 4.81. The summed E-state index contributed by atoms with van der Waals surface area (Å²) in [5, 5.41) is 10.3. The first kappa shape index (κ1) is 21.4. The zero-order chi connectivity index (χ0) is 21.8. The molecule has 5 saturated carbocycles. The lowest BCUT2D eigenvalue weighted by atomic mass is 9.44. The Morgan fingerprint density at radius 3 is 2.55 bits per heavy atom. The Morgan fingerprint density at radius 2 is 1.77 bits per heavy atom. The van der Waals surface area contributed by atoms with Crippen LogP contribution in [0.4, 0.5) is 0 Å². The van der Waals surface area contributed by atoms with Crippen molar-refractivity contribution < 1.29 is 9.84 Å². The van der Waals surface area contributed by atoms with E-state index in [1.807, 2.05) is 0 Å². The molecule has 6 unspecified atom stereocenters. The van der Waals surface area contributed by atoms with E-state index in [-0.39, 0.29) is 11.7 Å². The van der Waals surface area contributed by atoms with Gasteiger partial charge < -0.3 is 15.6 Å². The zero-order valence-corrected chi connectivity index (χ0v) is 20.5. The van der Waals surface area contributed by atoms with Crippen LogP contribution in [0.25, 0.3) is 0 Å². The Labute approximate surface area is 190 Å². The molecule has 0 aromatic rings. The van der Waals surface area contributed by atoms with E-state index >= 15 is 0 Å². The van der Waals surface area contributed by atoms with Gasteiger partial charge >= 0.3 is 0 Å². The van der Waals surface area contributed by atoms with E-state index in [2.05, 4.69) is 27.7 Å². The van der Waals surface area contributed by atoms with Crippen LogP contribution in [0.2, 0.25) is 0 Å². The second-order valence-electron chi connectivity index (χ2n) is 14.0. The molecule has 3 N–H and O–H groups in total. The van der Waals surface area contributed by atoms with E-state index in [1.165, 1.54) is 57.8 Å². The number of ether oxygens (including phenoxy) is 1. The van der Waals surface area contributed by atoms with Crippen molar-refractivity contribution in [3.05, 3.63) is 0 Å². The Hall–Kier alpha value is -0.120. The van der Waals surface area contributed by atoms with Gasteiger partial charge in [-0.2, -0.15) is 0 Å². The molecule has 0 aromatic carbocycles. The molecule has 0 amide bonds. The smallest absolute Gasteiger partial charge is 0.0751 e. The Kier molecular flexibility index (Phi) is 4.65. The maximum Gasteiger partial charge on any atom is 0.0751 e. The molecule has 31 heavy (non-hydrogen) atoms. The molecule has 6 aliphatic rings. The van der Waals surface area contributed by atoms with Gasteiger partial charge in [0.15, 0.2) is 0 Å². The average Bonchev–Trinajstić information content (AvgIpc) is 3.05. The van der Waals surface area contributed by atoms with Crippen LogP contribution in [-0.4, -0.2) is 29.5 Å². The monoisotopic (exact) mass is 429 g/mol. The standard InChI is InChI=1S/C28H47NO2/c1-17(15-29)7-12-28-16-27(28,4)24-23(31-28)14-22-20-6-5-18-13-19(30)8-10-25(18,2)21(20)9-11-26(22,24)3/h17-24,30H,5-16,29H2,1-4H3/t17-,18?,19+,20?,21?,22?,23?,24?,25-,26-,27-,28+/m0/s1. The van der Waals surface area contributed by atoms with Crippen molar-refractivity contribution in [2.45, 2.75) is 116 Å². The van der Waals surface area contributed by atoms with Crippen molar-refractivity contribution in [2.75, 3.05) is 6.54 Å². The van der Waals surface area contributed by atoms with Crippen molar-refractivity contribution in [1.82, 2.24) is 0 Å². The van der Waals surface area contributed by atoms with Crippen LogP contribution >= 0.6 is 0 Å². The predicted molar refractivity (Wildman–Crippen MR) is 124 cm³/mol. The summed E-state index contributed by atoms with van der Waals surface area (Å²) in [6.07, 6.45) is 14.5. The molecule has 0 bridgehead atoms. The molecular weight excluding hydrogens is 382 g/mol. The molecule has 1 heterocycles.